The second-order valence-corrected chi connectivity index (χ2v) is 6.48. The zero-order chi connectivity index (χ0) is 13.5. The van der Waals surface area contributed by atoms with E-state index in [0.717, 1.165) is 19.4 Å². The van der Waals surface area contributed by atoms with Crippen LogP contribution < -0.4 is 0 Å². The van der Waals surface area contributed by atoms with E-state index in [1.165, 1.54) is 38.5 Å². The van der Waals surface area contributed by atoms with E-state index < -0.39 is 0 Å². The van der Waals surface area contributed by atoms with Crippen molar-refractivity contribution in [3.05, 3.63) is 25.3 Å². The first-order valence-corrected chi connectivity index (χ1v) is 7.39. The Labute approximate surface area is 113 Å². The second-order valence-electron chi connectivity index (χ2n) is 6.48. The van der Waals surface area contributed by atoms with Crippen LogP contribution in [0.2, 0.25) is 0 Å². The average Bonchev–Trinajstić information content (AvgIpc) is 2.28. The van der Waals surface area contributed by atoms with Crippen molar-refractivity contribution in [2.45, 2.75) is 70.8 Å². The van der Waals surface area contributed by atoms with Crippen LogP contribution in [0.1, 0.15) is 65.2 Å². The molecule has 0 unspecified atom stereocenters. The average molecular weight is 250 g/mol. The smallest absolute Gasteiger partial charge is 0.0687 e. The van der Waals surface area contributed by atoms with E-state index in [0.29, 0.717) is 5.41 Å². The summed E-state index contributed by atoms with van der Waals surface area (Å²) in [5.41, 5.74) is 0.550. The first-order chi connectivity index (χ1) is 8.54. The van der Waals surface area contributed by atoms with E-state index in [9.17, 15) is 0 Å². The molecule has 1 aliphatic rings. The van der Waals surface area contributed by atoms with Crippen LogP contribution in [-0.4, -0.2) is 12.2 Å². The maximum atomic E-state index is 6.23. The molecule has 1 fully saturated rings. The fraction of sp³-hybridized carbons (Fsp3) is 0.765. The van der Waals surface area contributed by atoms with Gasteiger partial charge in [0, 0.05) is 6.61 Å². The van der Waals surface area contributed by atoms with Gasteiger partial charge in [0.2, 0.25) is 0 Å². The molecule has 1 aliphatic heterocycles. The van der Waals surface area contributed by atoms with Crippen molar-refractivity contribution in [1.29, 1.82) is 0 Å². The van der Waals surface area contributed by atoms with E-state index in [-0.39, 0.29) is 5.60 Å². The molecule has 18 heavy (non-hydrogen) atoms. The molecule has 0 aliphatic carbocycles. The molecular weight excluding hydrogens is 220 g/mol. The van der Waals surface area contributed by atoms with Gasteiger partial charge in [0.25, 0.3) is 0 Å². The normalized spacial score (nSPS) is 21.4. The van der Waals surface area contributed by atoms with Crippen LogP contribution in [0.5, 0.6) is 0 Å². The van der Waals surface area contributed by atoms with E-state index in [4.69, 9.17) is 4.74 Å². The number of allylic oxidation sites excluding steroid dienone is 2. The summed E-state index contributed by atoms with van der Waals surface area (Å²) < 4.78 is 6.23. The van der Waals surface area contributed by atoms with Gasteiger partial charge in [0.05, 0.1) is 5.60 Å². The van der Waals surface area contributed by atoms with Crippen molar-refractivity contribution in [1.82, 2.24) is 0 Å². The highest BCUT2D eigenvalue weighted by Gasteiger charge is 2.39. The molecule has 0 aromatic rings. The summed E-state index contributed by atoms with van der Waals surface area (Å²) in [6, 6.07) is 0. The molecule has 0 atom stereocenters. The number of rotatable bonds is 8. The highest BCUT2D eigenvalue weighted by molar-refractivity contribution is 4.92. The van der Waals surface area contributed by atoms with Gasteiger partial charge in [-0.2, -0.15) is 0 Å². The molecule has 0 N–H and O–H groups in total. The Hall–Kier alpha value is -0.560. The zero-order valence-electron chi connectivity index (χ0n) is 12.3. The van der Waals surface area contributed by atoms with Crippen LogP contribution in [0.4, 0.5) is 0 Å². The van der Waals surface area contributed by atoms with Crippen LogP contribution in [0.25, 0.3) is 0 Å². The Balaban J connectivity index is 2.59. The molecule has 0 saturated carbocycles. The van der Waals surface area contributed by atoms with Gasteiger partial charge in [-0.1, -0.05) is 26.0 Å². The van der Waals surface area contributed by atoms with E-state index in [1.54, 1.807) is 0 Å². The molecule has 104 valence electrons. The fourth-order valence-corrected chi connectivity index (χ4v) is 3.14. The van der Waals surface area contributed by atoms with Gasteiger partial charge >= 0.3 is 0 Å². The molecule has 1 heterocycles. The van der Waals surface area contributed by atoms with Gasteiger partial charge in [0.1, 0.15) is 0 Å². The van der Waals surface area contributed by atoms with Gasteiger partial charge in [-0.3, -0.25) is 0 Å². The molecule has 0 aromatic carbocycles. The summed E-state index contributed by atoms with van der Waals surface area (Å²) in [4.78, 5) is 0. The first kappa shape index (κ1) is 15.5. The lowest BCUT2D eigenvalue weighted by Gasteiger charge is -2.45. The largest absolute Gasteiger partial charge is 0.375 e. The van der Waals surface area contributed by atoms with Crippen molar-refractivity contribution < 1.29 is 4.74 Å². The fourth-order valence-electron chi connectivity index (χ4n) is 3.14. The van der Waals surface area contributed by atoms with Crippen LogP contribution in [0.3, 0.4) is 0 Å². The van der Waals surface area contributed by atoms with Crippen molar-refractivity contribution in [2.24, 2.45) is 5.41 Å². The Morgan fingerprint density at radius 2 is 1.61 bits per heavy atom. The van der Waals surface area contributed by atoms with Crippen molar-refractivity contribution in [3.8, 4) is 0 Å². The van der Waals surface area contributed by atoms with Gasteiger partial charge in [-0.15, -0.1) is 13.2 Å². The summed E-state index contributed by atoms with van der Waals surface area (Å²) >= 11 is 0. The van der Waals surface area contributed by atoms with Crippen LogP contribution in [0.15, 0.2) is 25.3 Å². The van der Waals surface area contributed by atoms with Gasteiger partial charge in [-0.25, -0.2) is 0 Å². The number of ether oxygens (including phenoxy) is 1. The molecule has 0 spiro atoms. The Morgan fingerprint density at radius 3 is 2.06 bits per heavy atom. The summed E-state index contributed by atoms with van der Waals surface area (Å²) in [6.45, 7) is 13.3. The SMILES string of the molecule is C=CCCCC1(CCCC=C)CC(C)(C)CCO1. The van der Waals surface area contributed by atoms with Crippen molar-refractivity contribution >= 4 is 0 Å². The predicted octanol–water partition coefficient (Wildman–Crippen LogP) is 5.27. The second kappa shape index (κ2) is 7.13. The quantitative estimate of drug-likeness (QED) is 0.421. The molecular formula is C17H30O. The van der Waals surface area contributed by atoms with Crippen molar-refractivity contribution in [3.63, 3.8) is 0 Å². The minimum absolute atomic E-state index is 0.119. The molecule has 0 amide bonds. The molecule has 0 bridgehead atoms. The third kappa shape index (κ3) is 4.97. The van der Waals surface area contributed by atoms with Crippen LogP contribution in [-0.2, 0) is 4.74 Å². The molecule has 1 saturated heterocycles. The molecule has 1 heteroatoms. The Morgan fingerprint density at radius 1 is 1.06 bits per heavy atom. The summed E-state index contributed by atoms with van der Waals surface area (Å²) in [7, 11) is 0. The van der Waals surface area contributed by atoms with Crippen LogP contribution in [0, 0.1) is 5.41 Å². The standard InChI is InChI=1S/C17H30O/c1-5-7-9-11-17(12-10-8-6-2)15-16(3,4)13-14-18-17/h5-6H,1-2,7-15H2,3-4H3. The van der Waals surface area contributed by atoms with Gasteiger partial charge in [0.15, 0.2) is 0 Å². The van der Waals surface area contributed by atoms with Gasteiger partial charge in [-0.05, 0) is 56.8 Å². The number of hydrogen-bond donors (Lipinski definition) is 0. The minimum atomic E-state index is 0.119. The van der Waals surface area contributed by atoms with Crippen LogP contribution >= 0.6 is 0 Å². The number of hydrogen-bond acceptors (Lipinski definition) is 1. The summed E-state index contributed by atoms with van der Waals surface area (Å²) in [5.74, 6) is 0. The topological polar surface area (TPSA) is 9.23 Å². The first-order valence-electron chi connectivity index (χ1n) is 7.39. The lowest BCUT2D eigenvalue weighted by Crippen LogP contribution is -2.43. The summed E-state index contributed by atoms with van der Waals surface area (Å²) in [6.07, 6.45) is 13.4. The lowest BCUT2D eigenvalue weighted by molar-refractivity contribution is -0.128. The highest BCUT2D eigenvalue weighted by atomic mass is 16.5. The predicted molar refractivity (Wildman–Crippen MR) is 79.8 cm³/mol. The maximum absolute atomic E-state index is 6.23. The molecule has 1 rings (SSSR count). The number of unbranched alkanes of at least 4 members (excludes halogenated alkanes) is 2. The van der Waals surface area contributed by atoms with Crippen molar-refractivity contribution in [2.75, 3.05) is 6.61 Å². The third-order valence-corrected chi connectivity index (χ3v) is 4.07. The summed E-state index contributed by atoms with van der Waals surface area (Å²) in [5, 5.41) is 0. The molecule has 1 nitrogen and oxygen atoms in total. The van der Waals surface area contributed by atoms with Gasteiger partial charge < -0.3 is 4.74 Å². The van der Waals surface area contributed by atoms with E-state index in [1.807, 2.05) is 12.2 Å². The monoisotopic (exact) mass is 250 g/mol. The third-order valence-electron chi connectivity index (χ3n) is 4.07. The van der Waals surface area contributed by atoms with E-state index >= 15 is 0 Å². The Kier molecular flexibility index (Phi) is 6.14. The zero-order valence-corrected chi connectivity index (χ0v) is 12.3. The Bertz CT molecular complexity index is 251. The minimum Gasteiger partial charge on any atom is -0.375 e. The highest BCUT2D eigenvalue weighted by Crippen LogP contribution is 2.43. The molecule has 0 radical (unpaired) electrons. The molecule has 0 aromatic heterocycles. The maximum Gasteiger partial charge on any atom is 0.0687 e. The van der Waals surface area contributed by atoms with E-state index in [2.05, 4.69) is 27.0 Å². The lowest BCUT2D eigenvalue weighted by atomic mass is 9.72.